The van der Waals surface area contributed by atoms with Crippen LogP contribution >= 0.6 is 0 Å². The van der Waals surface area contributed by atoms with E-state index in [2.05, 4.69) is 0 Å². The largest absolute Gasteiger partial charge is 0.315 e. The van der Waals surface area contributed by atoms with Crippen LogP contribution in [0.3, 0.4) is 0 Å². The Hall–Kier alpha value is -1.64. The Morgan fingerprint density at radius 3 is 2.60 bits per heavy atom. The highest BCUT2D eigenvalue weighted by Crippen LogP contribution is 2.35. The molecular weight excluding hydrogens is 188 g/mol. The molecule has 0 unspecified atom stereocenters. The quantitative estimate of drug-likeness (QED) is 0.762. The van der Waals surface area contributed by atoms with Crippen LogP contribution in [0.2, 0.25) is 0 Å². The Labute approximate surface area is 89.2 Å². The summed E-state index contributed by atoms with van der Waals surface area (Å²) in [4.78, 5) is 12.8. The fourth-order valence-corrected chi connectivity index (χ4v) is 1.91. The molecule has 0 fully saturated rings. The van der Waals surface area contributed by atoms with E-state index < -0.39 is 0 Å². The van der Waals surface area contributed by atoms with Gasteiger partial charge in [-0.1, -0.05) is 26.0 Å². The van der Waals surface area contributed by atoms with Crippen molar-refractivity contribution >= 4 is 17.8 Å². The Kier molecular flexibility index (Phi) is 2.31. The highest BCUT2D eigenvalue weighted by Gasteiger charge is 2.35. The predicted molar refractivity (Wildman–Crippen MR) is 60.4 cm³/mol. The third-order valence-electron chi connectivity index (χ3n) is 2.78. The van der Waals surface area contributed by atoms with Crippen LogP contribution in [0, 0.1) is 11.3 Å². The second-order valence-corrected chi connectivity index (χ2v) is 4.11. The van der Waals surface area contributed by atoms with Gasteiger partial charge in [0.15, 0.2) is 0 Å². The number of para-hydroxylation sites is 1. The maximum Gasteiger partial charge on any atom is 0.143 e. The number of amidine groups is 1. The molecule has 0 aromatic heterocycles. The average Bonchev–Trinajstić information content (AvgIpc) is 2.24. The van der Waals surface area contributed by atoms with E-state index in [-0.39, 0.29) is 12.0 Å². The maximum atomic E-state index is 11.0. The first-order chi connectivity index (χ1) is 7.16. The summed E-state index contributed by atoms with van der Waals surface area (Å²) in [5.41, 5.74) is 1.93. The molecule has 3 nitrogen and oxygen atoms in total. The van der Waals surface area contributed by atoms with Gasteiger partial charge in [-0.2, -0.15) is 0 Å². The fourth-order valence-electron chi connectivity index (χ4n) is 1.91. The number of rotatable bonds is 3. The minimum atomic E-state index is -0.215. The summed E-state index contributed by atoms with van der Waals surface area (Å²) >= 11 is 0. The Morgan fingerprint density at radius 2 is 2.00 bits per heavy atom. The zero-order valence-electron chi connectivity index (χ0n) is 8.90. The minimum absolute atomic E-state index is 0.215. The molecule has 1 N–H and O–H groups in total. The van der Waals surface area contributed by atoms with Crippen molar-refractivity contribution in [2.45, 2.75) is 19.9 Å². The number of carbonyl (C=O) groups excluding carboxylic acids is 1. The molecule has 15 heavy (non-hydrogen) atoms. The van der Waals surface area contributed by atoms with Crippen LogP contribution in [0.4, 0.5) is 5.69 Å². The van der Waals surface area contributed by atoms with Gasteiger partial charge in [-0.25, -0.2) is 0 Å². The van der Waals surface area contributed by atoms with E-state index in [9.17, 15) is 4.79 Å². The lowest BCUT2D eigenvalue weighted by Crippen LogP contribution is -2.51. The standard InChI is InChI=1S/C12H14N2O/c1-8(2)11(7-15)14-10-6-4-3-5-9(10)12(14)13/h3-8,11,13H,1-2H3/t11-/m1/s1. The number of nitrogens with zero attached hydrogens (tertiary/aromatic N) is 1. The Bertz CT molecular complexity index is 412. The van der Waals surface area contributed by atoms with Gasteiger partial charge in [0.05, 0.1) is 11.7 Å². The van der Waals surface area contributed by atoms with Crippen LogP contribution in [-0.4, -0.2) is 18.2 Å². The molecule has 2 rings (SSSR count). The first kappa shape index (κ1) is 9.90. The number of fused-ring (bicyclic) bond motifs is 1. The second kappa shape index (κ2) is 3.50. The van der Waals surface area contributed by atoms with Crippen molar-refractivity contribution in [3.63, 3.8) is 0 Å². The third kappa shape index (κ3) is 1.35. The molecule has 0 saturated carbocycles. The van der Waals surface area contributed by atoms with E-state index >= 15 is 0 Å². The summed E-state index contributed by atoms with van der Waals surface area (Å²) in [6.45, 7) is 3.99. The van der Waals surface area contributed by atoms with Crippen LogP contribution in [0.5, 0.6) is 0 Å². The van der Waals surface area contributed by atoms with Crippen LogP contribution in [-0.2, 0) is 4.79 Å². The van der Waals surface area contributed by atoms with Gasteiger partial charge in [-0.3, -0.25) is 5.41 Å². The van der Waals surface area contributed by atoms with Crippen LogP contribution in [0.15, 0.2) is 24.3 Å². The summed E-state index contributed by atoms with van der Waals surface area (Å²) in [5, 5.41) is 7.86. The molecule has 3 heteroatoms. The third-order valence-corrected chi connectivity index (χ3v) is 2.78. The Balaban J connectivity index is 2.35. The minimum Gasteiger partial charge on any atom is -0.315 e. The molecule has 1 aromatic rings. The molecule has 0 bridgehead atoms. The topological polar surface area (TPSA) is 44.2 Å². The Morgan fingerprint density at radius 1 is 1.33 bits per heavy atom. The monoisotopic (exact) mass is 202 g/mol. The molecule has 0 aliphatic carbocycles. The van der Waals surface area contributed by atoms with E-state index in [1.807, 2.05) is 38.1 Å². The number of hydrogen-bond donors (Lipinski definition) is 1. The van der Waals surface area contributed by atoms with Crippen molar-refractivity contribution in [2.75, 3.05) is 4.90 Å². The maximum absolute atomic E-state index is 11.0. The molecule has 78 valence electrons. The van der Waals surface area contributed by atoms with E-state index in [0.717, 1.165) is 17.5 Å². The molecule has 1 aromatic carbocycles. The summed E-state index contributed by atoms with van der Waals surface area (Å²) in [5.74, 6) is 0.674. The van der Waals surface area contributed by atoms with Gasteiger partial charge < -0.3 is 9.69 Å². The molecule has 1 atom stereocenters. The molecule has 1 aliphatic rings. The summed E-state index contributed by atoms with van der Waals surface area (Å²) < 4.78 is 0. The van der Waals surface area contributed by atoms with Crippen molar-refractivity contribution < 1.29 is 4.79 Å². The lowest BCUT2D eigenvalue weighted by molar-refractivity contribution is -0.109. The molecule has 0 amide bonds. The zero-order valence-corrected chi connectivity index (χ0v) is 8.90. The molecule has 0 spiro atoms. The van der Waals surface area contributed by atoms with Gasteiger partial charge in [0, 0.05) is 5.56 Å². The second-order valence-electron chi connectivity index (χ2n) is 4.11. The first-order valence-corrected chi connectivity index (χ1v) is 5.09. The van der Waals surface area contributed by atoms with Crippen molar-refractivity contribution in [2.24, 2.45) is 5.92 Å². The molecule has 0 saturated heterocycles. The molecule has 1 aliphatic heterocycles. The summed E-state index contributed by atoms with van der Waals surface area (Å²) in [7, 11) is 0. The van der Waals surface area contributed by atoms with E-state index in [4.69, 9.17) is 5.41 Å². The first-order valence-electron chi connectivity index (χ1n) is 5.09. The fraction of sp³-hybridized carbons (Fsp3) is 0.333. The normalized spacial score (nSPS) is 15.9. The van der Waals surface area contributed by atoms with Gasteiger partial charge >= 0.3 is 0 Å². The van der Waals surface area contributed by atoms with Crippen LogP contribution < -0.4 is 4.90 Å². The lowest BCUT2D eigenvalue weighted by Gasteiger charge is -2.41. The SMILES string of the molecule is CC(C)[C@@H](C=O)N1C(=N)c2ccccc21. The summed E-state index contributed by atoms with van der Waals surface area (Å²) in [6, 6.07) is 7.49. The van der Waals surface area contributed by atoms with Gasteiger partial charge in [0.25, 0.3) is 0 Å². The lowest BCUT2D eigenvalue weighted by atomic mass is 9.94. The smallest absolute Gasteiger partial charge is 0.143 e. The highest BCUT2D eigenvalue weighted by atomic mass is 16.1. The van der Waals surface area contributed by atoms with Crippen molar-refractivity contribution in [3.05, 3.63) is 29.8 Å². The number of aldehydes is 1. The number of hydrogen-bond acceptors (Lipinski definition) is 2. The van der Waals surface area contributed by atoms with Gasteiger partial charge in [-0.05, 0) is 18.1 Å². The van der Waals surface area contributed by atoms with E-state index in [1.54, 1.807) is 4.90 Å². The van der Waals surface area contributed by atoms with Crippen molar-refractivity contribution in [1.29, 1.82) is 5.41 Å². The van der Waals surface area contributed by atoms with Gasteiger partial charge in [0.1, 0.15) is 12.1 Å². The van der Waals surface area contributed by atoms with E-state index in [1.165, 1.54) is 0 Å². The number of benzene rings is 1. The van der Waals surface area contributed by atoms with E-state index in [0.29, 0.717) is 5.84 Å². The number of nitrogens with one attached hydrogen (secondary N) is 1. The number of carbonyl (C=O) groups is 1. The highest BCUT2D eigenvalue weighted by molar-refractivity contribution is 6.22. The van der Waals surface area contributed by atoms with Crippen molar-refractivity contribution in [3.8, 4) is 0 Å². The molecule has 1 heterocycles. The summed E-state index contributed by atoms with van der Waals surface area (Å²) in [6.07, 6.45) is 0.926. The number of anilines is 1. The van der Waals surface area contributed by atoms with Gasteiger partial charge in [-0.15, -0.1) is 0 Å². The molecular formula is C12H14N2O. The van der Waals surface area contributed by atoms with Crippen LogP contribution in [0.25, 0.3) is 0 Å². The molecule has 0 radical (unpaired) electrons. The van der Waals surface area contributed by atoms with Crippen molar-refractivity contribution in [1.82, 2.24) is 0 Å². The average molecular weight is 202 g/mol. The predicted octanol–water partition coefficient (Wildman–Crippen LogP) is 2.06. The zero-order chi connectivity index (χ0) is 11.0. The van der Waals surface area contributed by atoms with Crippen LogP contribution in [0.1, 0.15) is 19.4 Å². The van der Waals surface area contributed by atoms with Gasteiger partial charge in [0.2, 0.25) is 0 Å².